The van der Waals surface area contributed by atoms with Crippen molar-refractivity contribution in [2.24, 2.45) is 5.16 Å². The highest BCUT2D eigenvalue weighted by Crippen LogP contribution is 2.24. The number of hydrogen-bond donors (Lipinski definition) is 1. The summed E-state index contributed by atoms with van der Waals surface area (Å²) in [5.41, 5.74) is 2.35. The summed E-state index contributed by atoms with van der Waals surface area (Å²) >= 11 is 0. The van der Waals surface area contributed by atoms with Crippen LogP contribution in [0.5, 0.6) is 0 Å². The van der Waals surface area contributed by atoms with Crippen molar-refractivity contribution in [1.29, 1.82) is 0 Å². The Morgan fingerprint density at radius 1 is 1.31 bits per heavy atom. The van der Waals surface area contributed by atoms with Gasteiger partial charge in [-0.15, -0.1) is 0 Å². The Balaban J connectivity index is 2.12. The van der Waals surface area contributed by atoms with E-state index in [-0.39, 0.29) is 6.10 Å². The van der Waals surface area contributed by atoms with E-state index in [1.165, 1.54) is 5.56 Å². The maximum atomic E-state index is 9.83. The molecule has 16 heavy (non-hydrogen) atoms. The van der Waals surface area contributed by atoms with Crippen LogP contribution in [0.25, 0.3) is 0 Å². The summed E-state index contributed by atoms with van der Waals surface area (Å²) < 4.78 is 0. The van der Waals surface area contributed by atoms with Crippen molar-refractivity contribution in [3.05, 3.63) is 35.4 Å². The van der Waals surface area contributed by atoms with Gasteiger partial charge in [0.2, 0.25) is 0 Å². The van der Waals surface area contributed by atoms with Crippen molar-refractivity contribution in [3.63, 3.8) is 0 Å². The number of hydrogen-bond acceptors (Lipinski definition) is 3. The zero-order chi connectivity index (χ0) is 11.8. The number of nitrogens with zero attached hydrogens (tertiary/aromatic N) is 1. The molecule has 0 spiro atoms. The van der Waals surface area contributed by atoms with Gasteiger partial charge in [-0.2, -0.15) is 0 Å². The summed E-state index contributed by atoms with van der Waals surface area (Å²) in [4.78, 5) is 5.25. The minimum atomic E-state index is -0.851. The third-order valence-electron chi connectivity index (χ3n) is 2.84. The van der Waals surface area contributed by atoms with Crippen LogP contribution in [0.4, 0.5) is 0 Å². The summed E-state index contributed by atoms with van der Waals surface area (Å²) in [7, 11) is 0. The molecule has 0 unspecified atom stereocenters. The molecule has 3 nitrogen and oxygen atoms in total. The highest BCUT2D eigenvalue weighted by molar-refractivity contribution is 6.01. The van der Waals surface area contributed by atoms with E-state index < -0.39 is 5.60 Å². The molecular weight excluding hydrogens is 202 g/mol. The second-order valence-corrected chi connectivity index (χ2v) is 4.86. The van der Waals surface area contributed by atoms with Gasteiger partial charge in [0.15, 0.2) is 6.10 Å². The van der Waals surface area contributed by atoms with Gasteiger partial charge in [-0.1, -0.05) is 35.0 Å². The first-order chi connectivity index (χ1) is 7.47. The minimum absolute atomic E-state index is 0.246. The van der Waals surface area contributed by atoms with Crippen molar-refractivity contribution in [2.75, 3.05) is 0 Å². The van der Waals surface area contributed by atoms with E-state index in [0.29, 0.717) is 6.42 Å². The largest absolute Gasteiger partial charge is 0.389 e. The SMILES string of the molecule is Cc1ccc(C2=NO[C@@H](C(C)(C)O)C2)cc1. The molecule has 0 aromatic heterocycles. The molecule has 0 amide bonds. The maximum absolute atomic E-state index is 9.83. The van der Waals surface area contributed by atoms with Gasteiger partial charge < -0.3 is 9.94 Å². The summed E-state index contributed by atoms with van der Waals surface area (Å²) in [6.45, 7) is 5.53. The molecule has 2 rings (SSSR count). The number of benzene rings is 1. The van der Waals surface area contributed by atoms with Crippen molar-refractivity contribution in [2.45, 2.75) is 38.9 Å². The Bertz CT molecular complexity index is 401. The van der Waals surface area contributed by atoms with Gasteiger partial charge in [-0.05, 0) is 26.3 Å². The van der Waals surface area contributed by atoms with Crippen LogP contribution >= 0.6 is 0 Å². The zero-order valence-corrected chi connectivity index (χ0v) is 9.90. The van der Waals surface area contributed by atoms with E-state index in [2.05, 4.69) is 24.2 Å². The normalized spacial score (nSPS) is 20.5. The second-order valence-electron chi connectivity index (χ2n) is 4.86. The topological polar surface area (TPSA) is 41.8 Å². The van der Waals surface area contributed by atoms with E-state index in [1.807, 2.05) is 12.1 Å². The Morgan fingerprint density at radius 3 is 2.44 bits per heavy atom. The fraction of sp³-hybridized carbons (Fsp3) is 0.462. The predicted octanol–water partition coefficient (Wildman–Crippen LogP) is 2.26. The first kappa shape index (κ1) is 11.1. The number of rotatable bonds is 2. The smallest absolute Gasteiger partial charge is 0.161 e. The molecule has 0 aliphatic carbocycles. The Kier molecular flexibility index (Phi) is 2.72. The third-order valence-corrected chi connectivity index (χ3v) is 2.84. The lowest BCUT2D eigenvalue weighted by atomic mass is 9.95. The van der Waals surface area contributed by atoms with Gasteiger partial charge in [0, 0.05) is 6.42 Å². The summed E-state index contributed by atoms with van der Waals surface area (Å²) in [5, 5.41) is 13.9. The fourth-order valence-electron chi connectivity index (χ4n) is 1.67. The molecule has 1 aliphatic rings. The summed E-state index contributed by atoms with van der Waals surface area (Å²) in [5.74, 6) is 0. The summed E-state index contributed by atoms with van der Waals surface area (Å²) in [6.07, 6.45) is 0.413. The first-order valence-electron chi connectivity index (χ1n) is 5.49. The zero-order valence-electron chi connectivity index (χ0n) is 9.90. The Hall–Kier alpha value is -1.35. The van der Waals surface area contributed by atoms with Crippen LogP contribution in [0.3, 0.4) is 0 Å². The fourth-order valence-corrected chi connectivity index (χ4v) is 1.67. The van der Waals surface area contributed by atoms with Gasteiger partial charge in [0.1, 0.15) is 0 Å². The lowest BCUT2D eigenvalue weighted by molar-refractivity contribution is -0.0719. The molecule has 0 fully saturated rings. The number of oxime groups is 1. The van der Waals surface area contributed by atoms with E-state index in [0.717, 1.165) is 11.3 Å². The molecule has 0 radical (unpaired) electrons. The average Bonchev–Trinajstić information content (AvgIpc) is 2.67. The first-order valence-corrected chi connectivity index (χ1v) is 5.49. The second kappa shape index (κ2) is 3.91. The van der Waals surface area contributed by atoms with Gasteiger partial charge in [0.25, 0.3) is 0 Å². The molecule has 0 bridgehead atoms. The monoisotopic (exact) mass is 219 g/mol. The van der Waals surface area contributed by atoms with E-state index in [4.69, 9.17) is 4.84 Å². The Labute approximate surface area is 95.7 Å². The lowest BCUT2D eigenvalue weighted by Crippen LogP contribution is -2.35. The summed E-state index contributed by atoms with van der Waals surface area (Å²) in [6, 6.07) is 8.17. The number of aryl methyl sites for hydroxylation is 1. The van der Waals surface area contributed by atoms with E-state index in [1.54, 1.807) is 13.8 Å². The van der Waals surface area contributed by atoms with Crippen molar-refractivity contribution in [1.82, 2.24) is 0 Å². The highest BCUT2D eigenvalue weighted by Gasteiger charge is 2.34. The van der Waals surface area contributed by atoms with E-state index >= 15 is 0 Å². The van der Waals surface area contributed by atoms with Crippen LogP contribution in [-0.4, -0.2) is 22.5 Å². The van der Waals surface area contributed by atoms with Gasteiger partial charge in [-0.3, -0.25) is 0 Å². The van der Waals surface area contributed by atoms with Crippen molar-refractivity contribution < 1.29 is 9.94 Å². The molecule has 1 aromatic rings. The van der Waals surface area contributed by atoms with Crippen LogP contribution in [0.1, 0.15) is 31.4 Å². The van der Waals surface area contributed by atoms with Gasteiger partial charge >= 0.3 is 0 Å². The van der Waals surface area contributed by atoms with E-state index in [9.17, 15) is 5.11 Å². The van der Waals surface area contributed by atoms with Crippen LogP contribution in [-0.2, 0) is 4.84 Å². The predicted molar refractivity (Wildman–Crippen MR) is 63.5 cm³/mol. The van der Waals surface area contributed by atoms with Crippen LogP contribution in [0.15, 0.2) is 29.4 Å². The molecule has 1 N–H and O–H groups in total. The molecule has 86 valence electrons. The molecular formula is C13H17NO2. The maximum Gasteiger partial charge on any atom is 0.161 e. The van der Waals surface area contributed by atoms with Crippen LogP contribution in [0, 0.1) is 6.92 Å². The molecule has 0 saturated heterocycles. The van der Waals surface area contributed by atoms with Gasteiger partial charge in [0.05, 0.1) is 11.3 Å². The molecule has 1 heterocycles. The average molecular weight is 219 g/mol. The van der Waals surface area contributed by atoms with Crippen molar-refractivity contribution >= 4 is 5.71 Å². The molecule has 1 atom stereocenters. The van der Waals surface area contributed by atoms with Crippen LogP contribution < -0.4 is 0 Å². The molecule has 0 saturated carbocycles. The van der Waals surface area contributed by atoms with Crippen molar-refractivity contribution in [3.8, 4) is 0 Å². The minimum Gasteiger partial charge on any atom is -0.389 e. The third kappa shape index (κ3) is 2.25. The highest BCUT2D eigenvalue weighted by atomic mass is 16.7. The quantitative estimate of drug-likeness (QED) is 0.829. The molecule has 1 aliphatic heterocycles. The van der Waals surface area contributed by atoms with Gasteiger partial charge in [-0.25, -0.2) is 0 Å². The lowest BCUT2D eigenvalue weighted by Gasteiger charge is -2.22. The Morgan fingerprint density at radius 2 is 1.94 bits per heavy atom. The molecule has 3 heteroatoms. The van der Waals surface area contributed by atoms with Crippen LogP contribution in [0.2, 0.25) is 0 Å². The molecule has 1 aromatic carbocycles. The number of aliphatic hydroxyl groups is 1. The standard InChI is InChI=1S/C13H17NO2/c1-9-4-6-10(7-5-9)11-8-12(16-14-11)13(2,3)15/h4-7,12,15H,8H2,1-3H3/t12-/m1/s1.